The summed E-state index contributed by atoms with van der Waals surface area (Å²) in [5.74, 6) is -1.74. The standard InChI is InChI=1S/C17H22N2O4/c1-12(20)19-9-5-8-14(11-19)16(21)18-15(17(22)23)10-13-6-3-2-4-7-13/h2-4,6-7,14-15H,5,8-11H2,1H3,(H,18,21)(H,22,23)/t14?,15-/m0/s1. The van der Waals surface area contributed by atoms with Gasteiger partial charge in [-0.2, -0.15) is 0 Å². The van der Waals surface area contributed by atoms with Crippen molar-refractivity contribution < 1.29 is 19.5 Å². The molecule has 6 nitrogen and oxygen atoms in total. The average Bonchev–Trinajstić information content (AvgIpc) is 2.55. The molecule has 2 amide bonds. The van der Waals surface area contributed by atoms with Gasteiger partial charge in [0.05, 0.1) is 5.92 Å². The van der Waals surface area contributed by atoms with Gasteiger partial charge in [-0.1, -0.05) is 30.3 Å². The van der Waals surface area contributed by atoms with E-state index < -0.39 is 12.0 Å². The van der Waals surface area contributed by atoms with Crippen LogP contribution in [0.4, 0.5) is 0 Å². The lowest BCUT2D eigenvalue weighted by atomic mass is 9.96. The zero-order chi connectivity index (χ0) is 16.8. The highest BCUT2D eigenvalue weighted by molar-refractivity contribution is 5.86. The molecule has 1 heterocycles. The van der Waals surface area contributed by atoms with Gasteiger partial charge in [0.15, 0.2) is 0 Å². The predicted molar refractivity (Wildman–Crippen MR) is 84.7 cm³/mol. The summed E-state index contributed by atoms with van der Waals surface area (Å²) >= 11 is 0. The highest BCUT2D eigenvalue weighted by Gasteiger charge is 2.30. The van der Waals surface area contributed by atoms with Crippen molar-refractivity contribution in [3.63, 3.8) is 0 Å². The van der Waals surface area contributed by atoms with Gasteiger partial charge < -0.3 is 15.3 Å². The van der Waals surface area contributed by atoms with Crippen LogP contribution in [0, 0.1) is 5.92 Å². The molecule has 0 aliphatic carbocycles. The smallest absolute Gasteiger partial charge is 0.326 e. The van der Waals surface area contributed by atoms with E-state index in [9.17, 15) is 19.5 Å². The molecule has 0 saturated carbocycles. The Labute approximate surface area is 135 Å². The number of nitrogens with zero attached hydrogens (tertiary/aromatic N) is 1. The molecule has 2 N–H and O–H groups in total. The Morgan fingerprint density at radius 2 is 2.00 bits per heavy atom. The lowest BCUT2D eigenvalue weighted by Gasteiger charge is -2.31. The molecule has 0 aromatic heterocycles. The summed E-state index contributed by atoms with van der Waals surface area (Å²) in [7, 11) is 0. The minimum atomic E-state index is -1.05. The molecule has 1 unspecified atom stereocenters. The van der Waals surface area contributed by atoms with E-state index in [0.29, 0.717) is 19.5 Å². The van der Waals surface area contributed by atoms with E-state index >= 15 is 0 Å². The van der Waals surface area contributed by atoms with Crippen molar-refractivity contribution in [2.45, 2.75) is 32.2 Å². The number of carboxylic acid groups (broad SMARTS) is 1. The second-order valence-corrected chi connectivity index (χ2v) is 5.89. The third-order valence-electron chi connectivity index (χ3n) is 4.13. The van der Waals surface area contributed by atoms with Gasteiger partial charge in [0.25, 0.3) is 0 Å². The van der Waals surface area contributed by atoms with E-state index in [0.717, 1.165) is 12.0 Å². The van der Waals surface area contributed by atoms with Crippen LogP contribution in [0.2, 0.25) is 0 Å². The third kappa shape index (κ3) is 4.81. The number of hydrogen-bond acceptors (Lipinski definition) is 3. The summed E-state index contributed by atoms with van der Waals surface area (Å²) in [6, 6.07) is 8.23. The molecule has 1 fully saturated rings. The Bertz CT molecular complexity index is 573. The Kier molecular flexibility index (Phi) is 5.73. The highest BCUT2D eigenvalue weighted by Crippen LogP contribution is 2.17. The second-order valence-electron chi connectivity index (χ2n) is 5.89. The molecule has 1 aromatic rings. The molecule has 124 valence electrons. The summed E-state index contributed by atoms with van der Waals surface area (Å²) in [6.07, 6.45) is 1.67. The molecule has 1 aliphatic heterocycles. The van der Waals surface area contributed by atoms with Crippen LogP contribution in [-0.4, -0.2) is 46.9 Å². The quantitative estimate of drug-likeness (QED) is 0.850. The van der Waals surface area contributed by atoms with Crippen LogP contribution in [0.5, 0.6) is 0 Å². The number of amides is 2. The lowest BCUT2D eigenvalue weighted by molar-refractivity contribution is -0.143. The molecule has 2 rings (SSSR count). The summed E-state index contributed by atoms with van der Waals surface area (Å²) in [5.41, 5.74) is 0.856. The number of aliphatic carboxylic acids is 1. The Morgan fingerprint density at radius 1 is 1.30 bits per heavy atom. The molecule has 0 spiro atoms. The maximum atomic E-state index is 12.4. The molecular formula is C17H22N2O4. The number of likely N-dealkylation sites (tertiary alicyclic amines) is 1. The van der Waals surface area contributed by atoms with Gasteiger partial charge in [0.1, 0.15) is 6.04 Å². The Balaban J connectivity index is 1.98. The largest absolute Gasteiger partial charge is 0.480 e. The van der Waals surface area contributed by atoms with E-state index in [4.69, 9.17) is 0 Å². The molecule has 0 bridgehead atoms. The maximum Gasteiger partial charge on any atom is 0.326 e. The van der Waals surface area contributed by atoms with E-state index in [1.807, 2.05) is 30.3 Å². The zero-order valence-corrected chi connectivity index (χ0v) is 13.2. The van der Waals surface area contributed by atoms with Crippen molar-refractivity contribution in [2.75, 3.05) is 13.1 Å². The summed E-state index contributed by atoms with van der Waals surface area (Å²) < 4.78 is 0. The van der Waals surface area contributed by atoms with Gasteiger partial charge in [-0.15, -0.1) is 0 Å². The van der Waals surface area contributed by atoms with Crippen LogP contribution in [0.3, 0.4) is 0 Å². The fraction of sp³-hybridized carbons (Fsp3) is 0.471. The predicted octanol–water partition coefficient (Wildman–Crippen LogP) is 1.06. The van der Waals surface area contributed by atoms with Crippen molar-refractivity contribution in [3.8, 4) is 0 Å². The van der Waals surface area contributed by atoms with Gasteiger partial charge in [-0.3, -0.25) is 9.59 Å². The number of nitrogens with one attached hydrogen (secondary N) is 1. The highest BCUT2D eigenvalue weighted by atomic mass is 16.4. The number of carboxylic acids is 1. The number of piperidine rings is 1. The van der Waals surface area contributed by atoms with Crippen molar-refractivity contribution >= 4 is 17.8 Å². The van der Waals surface area contributed by atoms with E-state index in [-0.39, 0.29) is 24.2 Å². The first-order valence-corrected chi connectivity index (χ1v) is 7.80. The molecule has 23 heavy (non-hydrogen) atoms. The summed E-state index contributed by atoms with van der Waals surface area (Å²) in [4.78, 5) is 36.9. The zero-order valence-electron chi connectivity index (χ0n) is 13.2. The van der Waals surface area contributed by atoms with Crippen LogP contribution in [-0.2, 0) is 20.8 Å². The molecular weight excluding hydrogens is 296 g/mol. The molecule has 1 aliphatic rings. The Hall–Kier alpha value is -2.37. The summed E-state index contributed by atoms with van der Waals surface area (Å²) in [5, 5.41) is 12.0. The van der Waals surface area contributed by atoms with Gasteiger partial charge >= 0.3 is 5.97 Å². The first-order chi connectivity index (χ1) is 11.0. The molecule has 6 heteroatoms. The fourth-order valence-electron chi connectivity index (χ4n) is 2.82. The minimum Gasteiger partial charge on any atom is -0.480 e. The Morgan fingerprint density at radius 3 is 2.61 bits per heavy atom. The maximum absolute atomic E-state index is 12.4. The average molecular weight is 318 g/mol. The number of rotatable bonds is 5. The first kappa shape index (κ1) is 17.0. The fourth-order valence-corrected chi connectivity index (χ4v) is 2.82. The van der Waals surface area contributed by atoms with Crippen LogP contribution >= 0.6 is 0 Å². The number of hydrogen-bond donors (Lipinski definition) is 2. The number of carbonyl (C=O) groups excluding carboxylic acids is 2. The van der Waals surface area contributed by atoms with Crippen LogP contribution in [0.25, 0.3) is 0 Å². The van der Waals surface area contributed by atoms with E-state index in [1.54, 1.807) is 4.90 Å². The normalized spacial score (nSPS) is 19.0. The minimum absolute atomic E-state index is 0.0541. The van der Waals surface area contributed by atoms with Gasteiger partial charge in [-0.25, -0.2) is 4.79 Å². The number of carbonyl (C=O) groups is 3. The second kappa shape index (κ2) is 7.76. The molecule has 0 radical (unpaired) electrons. The monoisotopic (exact) mass is 318 g/mol. The van der Waals surface area contributed by atoms with Crippen LogP contribution in [0.1, 0.15) is 25.3 Å². The van der Waals surface area contributed by atoms with Crippen molar-refractivity contribution in [1.82, 2.24) is 10.2 Å². The van der Waals surface area contributed by atoms with Crippen LogP contribution in [0.15, 0.2) is 30.3 Å². The SMILES string of the molecule is CC(=O)N1CCCC(C(=O)N[C@@H](Cc2ccccc2)C(=O)O)C1. The van der Waals surface area contributed by atoms with Crippen molar-refractivity contribution in [3.05, 3.63) is 35.9 Å². The molecule has 2 atom stereocenters. The number of benzene rings is 1. The van der Waals surface area contributed by atoms with E-state index in [2.05, 4.69) is 5.32 Å². The van der Waals surface area contributed by atoms with Gasteiger partial charge in [0, 0.05) is 26.4 Å². The topological polar surface area (TPSA) is 86.7 Å². The lowest BCUT2D eigenvalue weighted by Crippen LogP contribution is -2.49. The van der Waals surface area contributed by atoms with Crippen LogP contribution < -0.4 is 5.32 Å². The molecule has 1 saturated heterocycles. The molecule has 1 aromatic carbocycles. The first-order valence-electron chi connectivity index (χ1n) is 7.80. The van der Waals surface area contributed by atoms with E-state index in [1.165, 1.54) is 6.92 Å². The third-order valence-corrected chi connectivity index (χ3v) is 4.13. The van der Waals surface area contributed by atoms with Crippen molar-refractivity contribution in [1.29, 1.82) is 0 Å². The van der Waals surface area contributed by atoms with Crippen molar-refractivity contribution in [2.24, 2.45) is 5.92 Å². The van der Waals surface area contributed by atoms with Gasteiger partial charge in [-0.05, 0) is 18.4 Å². The summed E-state index contributed by atoms with van der Waals surface area (Å²) in [6.45, 7) is 2.50. The van der Waals surface area contributed by atoms with Gasteiger partial charge in [0.2, 0.25) is 11.8 Å².